The highest BCUT2D eigenvalue weighted by molar-refractivity contribution is 14.1. The van der Waals surface area contributed by atoms with Crippen LogP contribution < -0.4 is 10.6 Å². The van der Waals surface area contributed by atoms with Gasteiger partial charge in [-0.05, 0) is 86.4 Å². The van der Waals surface area contributed by atoms with Gasteiger partial charge in [-0.25, -0.2) is 4.79 Å². The molecule has 1 aliphatic carbocycles. The minimum Gasteiger partial charge on any atom is -0.444 e. The molecule has 2 N–H and O–H groups in total. The molecule has 0 radical (unpaired) electrons. The second-order valence-electron chi connectivity index (χ2n) is 7.52. The molecule has 0 aromatic heterocycles. The van der Waals surface area contributed by atoms with Gasteiger partial charge in [0, 0.05) is 9.26 Å². The van der Waals surface area contributed by atoms with E-state index in [1.807, 2.05) is 45.0 Å². The Morgan fingerprint density at radius 1 is 1.12 bits per heavy atom. The SMILES string of the molecule is CC(C)(C)OC(=O)N[C@H](C(=O)Nc1ccc(I)cc1)C1CCCCC1. The van der Waals surface area contributed by atoms with Crippen LogP contribution in [-0.4, -0.2) is 23.6 Å². The van der Waals surface area contributed by atoms with Gasteiger partial charge in [0.05, 0.1) is 0 Å². The summed E-state index contributed by atoms with van der Waals surface area (Å²) < 4.78 is 6.45. The third kappa shape index (κ3) is 6.84. The number of hydrogen-bond donors (Lipinski definition) is 2. The topological polar surface area (TPSA) is 67.4 Å². The number of ether oxygens (including phenoxy) is 1. The van der Waals surface area contributed by atoms with Gasteiger partial charge in [0.15, 0.2) is 0 Å². The third-order valence-electron chi connectivity index (χ3n) is 4.19. The highest BCUT2D eigenvalue weighted by Gasteiger charge is 2.32. The Hall–Kier alpha value is -1.31. The summed E-state index contributed by atoms with van der Waals surface area (Å²) in [7, 11) is 0. The molecule has 0 unspecified atom stereocenters. The van der Waals surface area contributed by atoms with Crippen LogP contribution >= 0.6 is 22.6 Å². The number of halogens is 1. The summed E-state index contributed by atoms with van der Waals surface area (Å²) in [6.07, 6.45) is 4.72. The quantitative estimate of drug-likeness (QED) is 0.643. The number of hydrogen-bond acceptors (Lipinski definition) is 3. The van der Waals surface area contributed by atoms with Crippen molar-refractivity contribution in [3.8, 4) is 0 Å². The van der Waals surface area contributed by atoms with E-state index in [4.69, 9.17) is 4.74 Å². The molecule has 0 bridgehead atoms. The highest BCUT2D eigenvalue weighted by Crippen LogP contribution is 2.27. The van der Waals surface area contributed by atoms with Gasteiger partial charge in [-0.15, -0.1) is 0 Å². The van der Waals surface area contributed by atoms with E-state index >= 15 is 0 Å². The Morgan fingerprint density at radius 3 is 2.28 bits per heavy atom. The van der Waals surface area contributed by atoms with Crippen molar-refractivity contribution in [2.24, 2.45) is 5.92 Å². The summed E-state index contributed by atoms with van der Waals surface area (Å²) in [6, 6.07) is 7.03. The summed E-state index contributed by atoms with van der Waals surface area (Å²) in [6.45, 7) is 5.44. The summed E-state index contributed by atoms with van der Waals surface area (Å²) >= 11 is 2.22. The zero-order valence-corrected chi connectivity index (χ0v) is 17.3. The molecule has 0 saturated heterocycles. The smallest absolute Gasteiger partial charge is 0.408 e. The number of carbonyl (C=O) groups excluding carboxylic acids is 2. The Balaban J connectivity index is 2.08. The summed E-state index contributed by atoms with van der Waals surface area (Å²) in [4.78, 5) is 25.0. The molecule has 6 heteroatoms. The first kappa shape index (κ1) is 20.0. The van der Waals surface area contributed by atoms with Gasteiger partial charge in [0.2, 0.25) is 5.91 Å². The van der Waals surface area contributed by atoms with Crippen LogP contribution in [0.25, 0.3) is 0 Å². The van der Waals surface area contributed by atoms with Crippen molar-refractivity contribution < 1.29 is 14.3 Å². The lowest BCUT2D eigenvalue weighted by atomic mass is 9.83. The van der Waals surface area contributed by atoms with E-state index in [0.29, 0.717) is 0 Å². The van der Waals surface area contributed by atoms with Gasteiger partial charge in [0.25, 0.3) is 0 Å². The fraction of sp³-hybridized carbons (Fsp3) is 0.579. The molecule has 0 heterocycles. The van der Waals surface area contributed by atoms with Gasteiger partial charge in [-0.3, -0.25) is 4.79 Å². The van der Waals surface area contributed by atoms with Crippen molar-refractivity contribution in [2.75, 3.05) is 5.32 Å². The standard InChI is InChI=1S/C19H27IN2O3/c1-19(2,3)25-18(24)22-16(13-7-5-4-6-8-13)17(23)21-15-11-9-14(20)10-12-15/h9-13,16H,4-8H2,1-3H3,(H,21,23)(H,22,24)/t16-/m0/s1. The number of amides is 2. The van der Waals surface area contributed by atoms with Crippen molar-refractivity contribution in [3.63, 3.8) is 0 Å². The Labute approximate surface area is 163 Å². The average Bonchev–Trinajstić information content (AvgIpc) is 2.54. The minimum absolute atomic E-state index is 0.144. The van der Waals surface area contributed by atoms with Crippen molar-refractivity contribution in [1.82, 2.24) is 5.32 Å². The molecule has 1 saturated carbocycles. The number of rotatable bonds is 4. The molecule has 1 aromatic rings. The van der Waals surface area contributed by atoms with Gasteiger partial charge >= 0.3 is 6.09 Å². The lowest BCUT2D eigenvalue weighted by molar-refractivity contribution is -0.119. The molecule has 1 aromatic carbocycles. The maximum Gasteiger partial charge on any atom is 0.408 e. The molecule has 2 rings (SSSR count). The highest BCUT2D eigenvalue weighted by atomic mass is 127. The lowest BCUT2D eigenvalue weighted by Gasteiger charge is -2.31. The third-order valence-corrected chi connectivity index (χ3v) is 4.91. The van der Waals surface area contributed by atoms with Crippen molar-refractivity contribution in [2.45, 2.75) is 64.5 Å². The maximum absolute atomic E-state index is 12.8. The first-order chi connectivity index (χ1) is 11.7. The van der Waals surface area contributed by atoms with Crippen LogP contribution in [0.5, 0.6) is 0 Å². The van der Waals surface area contributed by atoms with E-state index in [1.165, 1.54) is 6.42 Å². The van der Waals surface area contributed by atoms with Gasteiger partial charge in [-0.2, -0.15) is 0 Å². The van der Waals surface area contributed by atoms with Crippen molar-refractivity contribution in [3.05, 3.63) is 27.8 Å². The second-order valence-corrected chi connectivity index (χ2v) is 8.76. The number of benzene rings is 1. The van der Waals surface area contributed by atoms with Gasteiger partial charge < -0.3 is 15.4 Å². The van der Waals surface area contributed by atoms with Crippen molar-refractivity contribution in [1.29, 1.82) is 0 Å². The maximum atomic E-state index is 12.8. The molecule has 0 spiro atoms. The first-order valence-electron chi connectivity index (χ1n) is 8.80. The number of anilines is 1. The van der Waals surface area contributed by atoms with E-state index in [2.05, 4.69) is 33.2 Å². The number of nitrogens with one attached hydrogen (secondary N) is 2. The van der Waals surface area contributed by atoms with Crippen LogP contribution in [0.1, 0.15) is 52.9 Å². The molecule has 1 atom stereocenters. The van der Waals surface area contributed by atoms with E-state index in [-0.39, 0.29) is 11.8 Å². The number of alkyl carbamates (subject to hydrolysis) is 1. The fourth-order valence-electron chi connectivity index (χ4n) is 3.05. The Bertz CT molecular complexity index is 590. The molecule has 2 amide bonds. The van der Waals surface area contributed by atoms with Crippen LogP contribution in [-0.2, 0) is 9.53 Å². The van der Waals surface area contributed by atoms with Crippen LogP contribution in [0.3, 0.4) is 0 Å². The molecule has 0 aliphatic heterocycles. The van der Waals surface area contributed by atoms with Crippen LogP contribution in [0, 0.1) is 9.49 Å². The minimum atomic E-state index is -0.589. The molecule has 1 fully saturated rings. The van der Waals surface area contributed by atoms with Crippen LogP contribution in [0.2, 0.25) is 0 Å². The van der Waals surface area contributed by atoms with E-state index in [0.717, 1.165) is 34.9 Å². The first-order valence-corrected chi connectivity index (χ1v) is 9.88. The summed E-state index contributed by atoms with van der Waals surface area (Å²) in [5.41, 5.74) is 0.144. The Morgan fingerprint density at radius 2 is 1.72 bits per heavy atom. The molecule has 1 aliphatic rings. The number of carbonyl (C=O) groups is 2. The molecular formula is C19H27IN2O3. The zero-order valence-electron chi connectivity index (χ0n) is 15.1. The predicted octanol–water partition coefficient (Wildman–Crippen LogP) is 4.70. The fourth-order valence-corrected chi connectivity index (χ4v) is 3.41. The molecular weight excluding hydrogens is 431 g/mol. The monoisotopic (exact) mass is 458 g/mol. The van der Waals surface area contributed by atoms with Crippen LogP contribution in [0.4, 0.5) is 10.5 Å². The molecule has 138 valence electrons. The van der Waals surface area contributed by atoms with E-state index in [1.54, 1.807) is 0 Å². The zero-order chi connectivity index (χ0) is 18.4. The summed E-state index contributed by atoms with van der Waals surface area (Å²) in [5, 5.41) is 5.72. The second kappa shape index (κ2) is 8.87. The normalized spacial score (nSPS) is 16.8. The summed E-state index contributed by atoms with van der Waals surface area (Å²) in [5.74, 6) is -0.0379. The Kier molecular flexibility index (Phi) is 7.10. The molecule has 5 nitrogen and oxygen atoms in total. The van der Waals surface area contributed by atoms with E-state index < -0.39 is 17.7 Å². The van der Waals surface area contributed by atoms with Crippen molar-refractivity contribution >= 4 is 40.3 Å². The van der Waals surface area contributed by atoms with Gasteiger partial charge in [-0.1, -0.05) is 19.3 Å². The molecule has 25 heavy (non-hydrogen) atoms. The lowest BCUT2D eigenvalue weighted by Crippen LogP contribution is -2.50. The van der Waals surface area contributed by atoms with E-state index in [9.17, 15) is 9.59 Å². The largest absolute Gasteiger partial charge is 0.444 e. The van der Waals surface area contributed by atoms with Crippen LogP contribution in [0.15, 0.2) is 24.3 Å². The average molecular weight is 458 g/mol. The van der Waals surface area contributed by atoms with Gasteiger partial charge in [0.1, 0.15) is 11.6 Å². The predicted molar refractivity (Wildman–Crippen MR) is 108 cm³/mol.